The topological polar surface area (TPSA) is 234 Å². The summed E-state index contributed by atoms with van der Waals surface area (Å²) in [5, 5.41) is 83.3. The van der Waals surface area contributed by atoms with Crippen LogP contribution in [0.3, 0.4) is 0 Å². The molecule has 0 spiro atoms. The van der Waals surface area contributed by atoms with Gasteiger partial charge in [-0.3, -0.25) is 4.79 Å². The molecule has 0 aromatic heterocycles. The molecule has 242 valence electrons. The third-order valence-corrected chi connectivity index (χ3v) is 8.10. The van der Waals surface area contributed by atoms with Crippen molar-refractivity contribution in [2.24, 2.45) is 0 Å². The zero-order valence-electron chi connectivity index (χ0n) is 24.0. The summed E-state index contributed by atoms with van der Waals surface area (Å²) in [6, 6.07) is 6.90. The number of aliphatic hydroxyl groups is 6. The van der Waals surface area contributed by atoms with E-state index in [9.17, 15) is 45.6 Å². The molecule has 2 aromatic carbocycles. The largest absolute Gasteiger partial charge is 0.507 e. The van der Waals surface area contributed by atoms with Gasteiger partial charge in [-0.2, -0.15) is 0 Å². The van der Waals surface area contributed by atoms with E-state index in [4.69, 9.17) is 28.4 Å². The highest BCUT2D eigenvalue weighted by Crippen LogP contribution is 2.43. The second-order valence-corrected chi connectivity index (χ2v) is 11.3. The third kappa shape index (κ3) is 5.90. The number of hydrogen-bond acceptors (Lipinski definition) is 15. The summed E-state index contributed by atoms with van der Waals surface area (Å²) in [4.78, 5) is 12.9. The Hall–Kier alpha value is -3.25. The maximum atomic E-state index is 12.9. The number of hydrogen-bond donors (Lipinski definition) is 8. The van der Waals surface area contributed by atoms with E-state index < -0.39 is 85.2 Å². The first-order valence-electron chi connectivity index (χ1n) is 13.9. The number of carbonyl (C=O) groups excluding carboxylic acids is 1. The second kappa shape index (κ2) is 12.3. The zero-order valence-corrected chi connectivity index (χ0v) is 24.0. The minimum atomic E-state index is -2.04. The van der Waals surface area contributed by atoms with Gasteiger partial charge in [0.2, 0.25) is 6.29 Å². The molecule has 3 aliphatic heterocycles. The molecule has 0 amide bonds. The average molecular weight is 625 g/mol. The van der Waals surface area contributed by atoms with E-state index in [1.54, 1.807) is 6.07 Å². The molecule has 3 aliphatic rings. The van der Waals surface area contributed by atoms with Crippen molar-refractivity contribution >= 4 is 5.78 Å². The molecule has 2 aromatic rings. The molecule has 44 heavy (non-hydrogen) atoms. The summed E-state index contributed by atoms with van der Waals surface area (Å²) < 4.78 is 33.4. The van der Waals surface area contributed by atoms with Gasteiger partial charge in [-0.1, -0.05) is 6.07 Å². The Kier molecular flexibility index (Phi) is 8.97. The Morgan fingerprint density at radius 3 is 2.36 bits per heavy atom. The highest BCUT2D eigenvalue weighted by atomic mass is 16.7. The Morgan fingerprint density at radius 1 is 0.955 bits per heavy atom. The van der Waals surface area contributed by atoms with Gasteiger partial charge in [0.25, 0.3) is 0 Å². The predicted octanol–water partition coefficient (Wildman–Crippen LogP) is -0.766. The van der Waals surface area contributed by atoms with Crippen molar-refractivity contribution in [2.45, 2.75) is 87.3 Å². The van der Waals surface area contributed by atoms with Crippen LogP contribution in [0.5, 0.6) is 28.7 Å². The Balaban J connectivity index is 1.31. The van der Waals surface area contributed by atoms with Crippen LogP contribution in [0.25, 0.3) is 0 Å². The molecule has 0 aliphatic carbocycles. The molecule has 3 heterocycles. The summed E-state index contributed by atoms with van der Waals surface area (Å²) in [6.07, 6.45) is -14.5. The number of Topliss-reactive ketones (excluding diaryl/α,β-unsaturated/α-hetero) is 1. The van der Waals surface area contributed by atoms with Crippen LogP contribution >= 0.6 is 0 Å². The lowest BCUT2D eigenvalue weighted by Crippen LogP contribution is -2.65. The molecule has 5 rings (SSSR count). The van der Waals surface area contributed by atoms with Crippen LogP contribution in [0.1, 0.15) is 42.3 Å². The maximum Gasteiger partial charge on any atom is 0.229 e. The van der Waals surface area contributed by atoms with Crippen LogP contribution in [0, 0.1) is 0 Å². The quantitative estimate of drug-likeness (QED) is 0.189. The van der Waals surface area contributed by atoms with E-state index in [0.717, 1.165) is 6.07 Å². The summed E-state index contributed by atoms with van der Waals surface area (Å²) in [5.41, 5.74) is -1.67. The number of methoxy groups -OCH3 is 1. The second-order valence-electron chi connectivity index (χ2n) is 11.3. The number of phenolic OH excluding ortho intramolecular Hbond substituents is 2. The van der Waals surface area contributed by atoms with Crippen molar-refractivity contribution in [2.75, 3.05) is 13.7 Å². The number of carbonyl (C=O) groups is 1. The van der Waals surface area contributed by atoms with E-state index >= 15 is 0 Å². The Morgan fingerprint density at radius 2 is 1.68 bits per heavy atom. The van der Waals surface area contributed by atoms with E-state index in [1.165, 1.54) is 39.2 Å². The predicted molar refractivity (Wildman–Crippen MR) is 145 cm³/mol. The molecule has 8 N–H and O–H groups in total. The third-order valence-electron chi connectivity index (χ3n) is 8.10. The highest BCUT2D eigenvalue weighted by Gasteiger charge is 2.52. The van der Waals surface area contributed by atoms with Gasteiger partial charge < -0.3 is 69.3 Å². The zero-order chi connectivity index (χ0) is 32.1. The van der Waals surface area contributed by atoms with Gasteiger partial charge in [-0.25, -0.2) is 0 Å². The Bertz CT molecular complexity index is 1360. The van der Waals surface area contributed by atoms with Crippen LogP contribution in [0.2, 0.25) is 0 Å². The highest BCUT2D eigenvalue weighted by molar-refractivity contribution is 6.02. The van der Waals surface area contributed by atoms with Crippen molar-refractivity contribution in [3.8, 4) is 28.7 Å². The standard InChI is InChI=1S/C29H36O15/c1-11-22(33)26(37)29(2,38)28(41-11)40-10-20-23(34)24(35)25(36)27(44-20)42-13-7-15(31)21-16(32)9-18(43-19(21)8-13)12-4-5-17(39-3)14(30)6-12/h4-8,11,18,20,22-28,30-31,33-38H,9-10H2,1-3H3. The molecule has 15 nitrogen and oxygen atoms in total. The van der Waals surface area contributed by atoms with Gasteiger partial charge in [-0.15, -0.1) is 0 Å². The number of fused-ring (bicyclic) bond motifs is 1. The molecule has 11 unspecified atom stereocenters. The first-order valence-corrected chi connectivity index (χ1v) is 13.9. The molecular formula is C29H36O15. The van der Waals surface area contributed by atoms with Gasteiger partial charge in [0.05, 0.1) is 26.2 Å². The van der Waals surface area contributed by atoms with E-state index in [0.29, 0.717) is 5.56 Å². The van der Waals surface area contributed by atoms with E-state index in [1.807, 2.05) is 0 Å². The monoisotopic (exact) mass is 624 g/mol. The number of aromatic hydroxyl groups is 2. The maximum absolute atomic E-state index is 12.9. The summed E-state index contributed by atoms with van der Waals surface area (Å²) in [5.74, 6) is -1.01. The van der Waals surface area contributed by atoms with Gasteiger partial charge in [0, 0.05) is 12.1 Å². The number of benzene rings is 2. The molecule has 0 saturated carbocycles. The first kappa shape index (κ1) is 32.2. The molecule has 0 radical (unpaired) electrons. The smallest absolute Gasteiger partial charge is 0.229 e. The Labute approximate surface area is 251 Å². The van der Waals surface area contributed by atoms with Crippen LogP contribution < -0.4 is 14.2 Å². The van der Waals surface area contributed by atoms with Gasteiger partial charge in [0.1, 0.15) is 71.1 Å². The summed E-state index contributed by atoms with van der Waals surface area (Å²) in [7, 11) is 1.39. The van der Waals surface area contributed by atoms with Crippen LogP contribution in [-0.2, 0) is 14.2 Å². The molecule has 2 fully saturated rings. The molecule has 0 bridgehead atoms. The van der Waals surface area contributed by atoms with Crippen molar-refractivity contribution < 1.29 is 74.1 Å². The minimum absolute atomic E-state index is 0.0473. The minimum Gasteiger partial charge on any atom is -0.507 e. The number of ether oxygens (including phenoxy) is 6. The van der Waals surface area contributed by atoms with Crippen LogP contribution in [0.15, 0.2) is 30.3 Å². The lowest BCUT2D eigenvalue weighted by Gasteiger charge is -2.46. The fraction of sp³-hybridized carbons (Fsp3) is 0.552. The molecule has 15 heteroatoms. The first-order chi connectivity index (χ1) is 20.7. The van der Waals surface area contributed by atoms with Gasteiger partial charge in [0.15, 0.2) is 23.6 Å². The number of ketones is 1. The van der Waals surface area contributed by atoms with Crippen molar-refractivity contribution in [3.63, 3.8) is 0 Å². The fourth-order valence-corrected chi connectivity index (χ4v) is 5.41. The molecule has 2 saturated heterocycles. The lowest BCUT2D eigenvalue weighted by atomic mass is 9.88. The van der Waals surface area contributed by atoms with Crippen molar-refractivity contribution in [1.29, 1.82) is 0 Å². The molecule has 11 atom stereocenters. The number of phenols is 2. The van der Waals surface area contributed by atoms with Crippen LogP contribution in [0.4, 0.5) is 0 Å². The van der Waals surface area contributed by atoms with Crippen molar-refractivity contribution in [1.82, 2.24) is 0 Å². The van der Waals surface area contributed by atoms with Gasteiger partial charge in [-0.05, 0) is 31.5 Å². The van der Waals surface area contributed by atoms with Crippen molar-refractivity contribution in [3.05, 3.63) is 41.5 Å². The number of aliphatic hydroxyl groups excluding tert-OH is 5. The summed E-state index contributed by atoms with van der Waals surface area (Å²) >= 11 is 0. The average Bonchev–Trinajstić information content (AvgIpc) is 2.97. The lowest BCUT2D eigenvalue weighted by molar-refractivity contribution is -0.344. The van der Waals surface area contributed by atoms with E-state index in [-0.39, 0.29) is 35.0 Å². The fourth-order valence-electron chi connectivity index (χ4n) is 5.41. The van der Waals surface area contributed by atoms with E-state index in [2.05, 4.69) is 0 Å². The summed E-state index contributed by atoms with van der Waals surface area (Å²) in [6.45, 7) is 2.14. The SMILES string of the molecule is COc1ccc(C2CC(=O)c3c(O)cc(OC4OC(COC5OC(C)C(O)C(O)C5(C)O)C(O)C(O)C4O)cc3O2)cc1O. The number of rotatable bonds is 7. The van der Waals surface area contributed by atoms with Crippen LogP contribution in [-0.4, -0.2) is 121 Å². The molecular weight excluding hydrogens is 588 g/mol. The normalized spacial score (nSPS) is 37.2. The van der Waals surface area contributed by atoms with Gasteiger partial charge >= 0.3 is 0 Å².